The van der Waals surface area contributed by atoms with E-state index in [9.17, 15) is 9.59 Å². The molecule has 3 heterocycles. The predicted octanol–water partition coefficient (Wildman–Crippen LogP) is 1.97. The first-order chi connectivity index (χ1) is 11.6. The molecule has 2 fully saturated rings. The summed E-state index contributed by atoms with van der Waals surface area (Å²) in [5.74, 6) is 1.91. The van der Waals surface area contributed by atoms with E-state index >= 15 is 0 Å². The second-order valence-corrected chi connectivity index (χ2v) is 7.18. The normalized spacial score (nSPS) is 23.3. The second-order valence-electron chi connectivity index (χ2n) is 6.07. The van der Waals surface area contributed by atoms with Crippen LogP contribution < -0.4 is 5.32 Å². The van der Waals surface area contributed by atoms with E-state index in [0.717, 1.165) is 21.8 Å². The van der Waals surface area contributed by atoms with E-state index in [1.807, 2.05) is 31.2 Å². The van der Waals surface area contributed by atoms with Gasteiger partial charge in [0.05, 0.1) is 0 Å². The van der Waals surface area contributed by atoms with Gasteiger partial charge in [0.15, 0.2) is 0 Å². The number of carbonyl (C=O) groups is 2. The Kier molecular flexibility index (Phi) is 3.56. The Morgan fingerprint density at radius 3 is 2.79 bits per heavy atom. The molecule has 1 atom stereocenters. The number of aryl methyl sites for hydroxylation is 1. The molecule has 2 saturated heterocycles. The maximum absolute atomic E-state index is 12.6. The molecule has 0 unspecified atom stereocenters. The highest BCUT2D eigenvalue weighted by Crippen LogP contribution is 2.34. The van der Waals surface area contributed by atoms with Crippen LogP contribution in [0.1, 0.15) is 17.9 Å². The van der Waals surface area contributed by atoms with Crippen molar-refractivity contribution in [2.24, 2.45) is 0 Å². The second kappa shape index (κ2) is 5.62. The van der Waals surface area contributed by atoms with Crippen LogP contribution in [-0.2, 0) is 11.3 Å². The summed E-state index contributed by atoms with van der Waals surface area (Å²) in [7, 11) is 0. The molecule has 4 rings (SSSR count). The lowest BCUT2D eigenvalue weighted by molar-refractivity contribution is -0.131. The summed E-state index contributed by atoms with van der Waals surface area (Å²) < 4.78 is 5.62. The molecular weight excluding hydrogens is 328 g/mol. The van der Waals surface area contributed by atoms with Gasteiger partial charge in [-0.1, -0.05) is 17.7 Å². The number of hydrogen-bond donors (Lipinski definition) is 1. The summed E-state index contributed by atoms with van der Waals surface area (Å²) in [6, 6.07) is 7.31. The van der Waals surface area contributed by atoms with E-state index in [0.29, 0.717) is 18.1 Å². The van der Waals surface area contributed by atoms with Crippen molar-refractivity contribution in [1.82, 2.24) is 20.4 Å². The number of hydrogen-bond acceptors (Lipinski definition) is 6. The largest absolute Gasteiger partial charge is 0.419 e. The first-order valence-corrected chi connectivity index (χ1v) is 8.84. The fourth-order valence-corrected chi connectivity index (χ4v) is 4.24. The fourth-order valence-electron chi connectivity index (χ4n) is 2.92. The molecule has 1 aromatic carbocycles. The maximum atomic E-state index is 12.6. The van der Waals surface area contributed by atoms with Crippen molar-refractivity contribution >= 4 is 23.7 Å². The van der Waals surface area contributed by atoms with Crippen molar-refractivity contribution in [3.05, 3.63) is 35.7 Å². The first-order valence-electron chi connectivity index (χ1n) is 7.69. The maximum Gasteiger partial charge on any atom is 0.325 e. The highest BCUT2D eigenvalue weighted by molar-refractivity contribution is 7.99. The standard InChI is InChI=1S/C16H16N4O3S/c1-10-2-4-11(5-3-10)13-19-18-12(23-13)8-20-14(21)16(17-15(20)22)6-7-24-9-16/h2-5H,6-9H2,1H3,(H,17,22)/t16-/m0/s1. The average Bonchev–Trinajstić information content (AvgIpc) is 3.27. The van der Waals surface area contributed by atoms with E-state index in [1.54, 1.807) is 11.8 Å². The Hall–Kier alpha value is -2.35. The van der Waals surface area contributed by atoms with Crippen LogP contribution in [-0.4, -0.2) is 44.1 Å². The van der Waals surface area contributed by atoms with Crippen LogP contribution in [0.5, 0.6) is 0 Å². The van der Waals surface area contributed by atoms with Gasteiger partial charge >= 0.3 is 6.03 Å². The Morgan fingerprint density at radius 1 is 1.29 bits per heavy atom. The third-order valence-electron chi connectivity index (χ3n) is 4.33. The summed E-state index contributed by atoms with van der Waals surface area (Å²) in [5.41, 5.74) is 1.19. The Bertz CT molecular complexity index is 796. The Morgan fingerprint density at radius 2 is 2.08 bits per heavy atom. The number of urea groups is 1. The highest BCUT2D eigenvalue weighted by Gasteiger charge is 2.53. The van der Waals surface area contributed by atoms with Crippen molar-refractivity contribution in [1.29, 1.82) is 0 Å². The molecule has 24 heavy (non-hydrogen) atoms. The van der Waals surface area contributed by atoms with Crippen LogP contribution in [0.15, 0.2) is 28.7 Å². The van der Waals surface area contributed by atoms with Gasteiger partial charge in [0.1, 0.15) is 12.1 Å². The molecule has 0 radical (unpaired) electrons. The van der Waals surface area contributed by atoms with Crippen LogP contribution in [0.3, 0.4) is 0 Å². The minimum atomic E-state index is -0.748. The van der Waals surface area contributed by atoms with Gasteiger partial charge in [0.25, 0.3) is 5.91 Å². The summed E-state index contributed by atoms with van der Waals surface area (Å²) >= 11 is 1.67. The molecule has 1 aromatic heterocycles. The van der Waals surface area contributed by atoms with Gasteiger partial charge in [-0.2, -0.15) is 11.8 Å². The minimum absolute atomic E-state index is 0.00402. The number of carbonyl (C=O) groups excluding carboxylic acids is 2. The minimum Gasteiger partial charge on any atom is -0.419 e. The Labute approximate surface area is 142 Å². The van der Waals surface area contributed by atoms with Crippen LogP contribution in [0.2, 0.25) is 0 Å². The van der Waals surface area contributed by atoms with Crippen LogP contribution in [0, 0.1) is 6.92 Å². The molecule has 1 N–H and O–H groups in total. The number of rotatable bonds is 3. The number of amides is 3. The van der Waals surface area contributed by atoms with Gasteiger partial charge in [-0.3, -0.25) is 9.69 Å². The highest BCUT2D eigenvalue weighted by atomic mass is 32.2. The third kappa shape index (κ3) is 2.47. The topological polar surface area (TPSA) is 88.3 Å². The number of nitrogens with zero attached hydrogens (tertiary/aromatic N) is 3. The van der Waals surface area contributed by atoms with Gasteiger partial charge in [0.2, 0.25) is 11.8 Å². The van der Waals surface area contributed by atoms with Crippen molar-refractivity contribution in [3.8, 4) is 11.5 Å². The van der Waals surface area contributed by atoms with Gasteiger partial charge in [-0.05, 0) is 31.2 Å². The zero-order valence-electron chi connectivity index (χ0n) is 13.1. The van der Waals surface area contributed by atoms with E-state index in [1.165, 1.54) is 0 Å². The van der Waals surface area contributed by atoms with Crippen molar-refractivity contribution < 1.29 is 14.0 Å². The van der Waals surface area contributed by atoms with E-state index < -0.39 is 11.6 Å². The van der Waals surface area contributed by atoms with Crippen LogP contribution in [0.4, 0.5) is 4.79 Å². The van der Waals surface area contributed by atoms with Gasteiger partial charge in [0, 0.05) is 11.3 Å². The molecule has 3 amide bonds. The Balaban J connectivity index is 1.53. The molecule has 7 nitrogen and oxygen atoms in total. The number of thioether (sulfide) groups is 1. The molecule has 2 aliphatic rings. The number of aromatic nitrogens is 2. The lowest BCUT2D eigenvalue weighted by atomic mass is 9.99. The van der Waals surface area contributed by atoms with Crippen molar-refractivity contribution in [3.63, 3.8) is 0 Å². The van der Waals surface area contributed by atoms with E-state index in [-0.39, 0.29) is 18.3 Å². The average molecular weight is 344 g/mol. The predicted molar refractivity (Wildman–Crippen MR) is 88.2 cm³/mol. The van der Waals surface area contributed by atoms with E-state index in [4.69, 9.17) is 4.42 Å². The van der Waals surface area contributed by atoms with E-state index in [2.05, 4.69) is 15.5 Å². The first kappa shape index (κ1) is 15.2. The zero-order valence-corrected chi connectivity index (χ0v) is 13.9. The smallest absolute Gasteiger partial charge is 0.325 e. The molecule has 2 aliphatic heterocycles. The molecule has 2 aromatic rings. The van der Waals surface area contributed by atoms with Crippen LogP contribution >= 0.6 is 11.8 Å². The van der Waals surface area contributed by atoms with Gasteiger partial charge in [-0.25, -0.2) is 4.79 Å². The zero-order chi connectivity index (χ0) is 16.7. The molecule has 124 valence electrons. The monoisotopic (exact) mass is 344 g/mol. The molecule has 0 saturated carbocycles. The number of imide groups is 1. The lowest BCUT2D eigenvalue weighted by Crippen LogP contribution is -2.46. The molecule has 1 spiro atoms. The third-order valence-corrected chi connectivity index (χ3v) is 5.52. The number of nitrogens with one attached hydrogen (secondary N) is 1. The van der Waals surface area contributed by atoms with Crippen molar-refractivity contribution in [2.45, 2.75) is 25.4 Å². The molecule has 0 bridgehead atoms. The quantitative estimate of drug-likeness (QED) is 0.857. The van der Waals surface area contributed by atoms with Gasteiger partial charge in [-0.15, -0.1) is 10.2 Å². The molecule has 0 aliphatic carbocycles. The summed E-state index contributed by atoms with van der Waals surface area (Å²) in [6.07, 6.45) is 0.664. The van der Waals surface area contributed by atoms with Gasteiger partial charge < -0.3 is 9.73 Å². The molecular formula is C16H16N4O3S. The summed E-state index contributed by atoms with van der Waals surface area (Å²) in [5, 5.41) is 10.8. The van der Waals surface area contributed by atoms with Crippen LogP contribution in [0.25, 0.3) is 11.5 Å². The lowest BCUT2D eigenvalue weighted by Gasteiger charge is -2.18. The summed E-state index contributed by atoms with van der Waals surface area (Å²) in [4.78, 5) is 25.9. The summed E-state index contributed by atoms with van der Waals surface area (Å²) in [6.45, 7) is 1.99. The molecule has 8 heteroatoms. The fraction of sp³-hybridized carbons (Fsp3) is 0.375. The SMILES string of the molecule is Cc1ccc(-c2nnc(CN3C(=O)N[C@]4(CCSC4)C3=O)o2)cc1. The van der Waals surface area contributed by atoms with Crippen molar-refractivity contribution in [2.75, 3.05) is 11.5 Å². The number of benzene rings is 1.